The van der Waals surface area contributed by atoms with Gasteiger partial charge in [-0.05, 0) is 50.2 Å². The van der Waals surface area contributed by atoms with Crippen LogP contribution in [0.1, 0.15) is 24.2 Å². The number of anilines is 5. The topological polar surface area (TPSA) is 105 Å². The number of nitrogens with one attached hydrogen (secondary N) is 1. The van der Waals surface area contributed by atoms with Gasteiger partial charge in [0.2, 0.25) is 5.95 Å². The van der Waals surface area contributed by atoms with Crippen LogP contribution in [-0.2, 0) is 0 Å². The largest absolute Gasteiger partial charge is 0.465 e. The molecule has 37 heavy (non-hydrogen) atoms. The highest BCUT2D eigenvalue weighted by Gasteiger charge is 2.33. The molecule has 1 aromatic heterocycles. The van der Waals surface area contributed by atoms with Gasteiger partial charge in [-0.3, -0.25) is 9.69 Å². The second-order valence-corrected chi connectivity index (χ2v) is 9.82. The third-order valence-corrected chi connectivity index (χ3v) is 7.11. The second-order valence-electron chi connectivity index (χ2n) is 9.41. The summed E-state index contributed by atoms with van der Waals surface area (Å²) >= 11 is 6.33. The van der Waals surface area contributed by atoms with E-state index in [0.717, 1.165) is 11.4 Å². The molecule has 2 N–H and O–H groups in total. The number of piperazine rings is 1. The second kappa shape index (κ2) is 9.78. The Hall–Kier alpha value is -4.05. The summed E-state index contributed by atoms with van der Waals surface area (Å²) in [5.41, 5.74) is 2.86. The van der Waals surface area contributed by atoms with Gasteiger partial charge in [-0.15, -0.1) is 0 Å². The van der Waals surface area contributed by atoms with Crippen LogP contribution in [0, 0.1) is 0 Å². The number of rotatable bonds is 4. The predicted molar refractivity (Wildman–Crippen MR) is 144 cm³/mol. The third kappa shape index (κ3) is 4.72. The van der Waals surface area contributed by atoms with E-state index in [1.807, 2.05) is 68.3 Å². The number of carbonyl (C=O) groups excluding carboxylic acids is 1. The van der Waals surface area contributed by atoms with Gasteiger partial charge in [-0.25, -0.2) is 9.78 Å². The van der Waals surface area contributed by atoms with E-state index in [1.165, 1.54) is 11.1 Å². The molecule has 3 aromatic rings. The zero-order chi connectivity index (χ0) is 26.3. The fourth-order valence-corrected chi connectivity index (χ4v) is 5.08. The summed E-state index contributed by atoms with van der Waals surface area (Å²) in [6.45, 7) is 5.34. The predicted octanol–water partition coefficient (Wildman–Crippen LogP) is 4.50. The Balaban J connectivity index is 1.31. The third-order valence-electron chi connectivity index (χ3n) is 6.79. The molecule has 10 nitrogen and oxygen atoms in total. The Morgan fingerprint density at radius 1 is 1.08 bits per heavy atom. The van der Waals surface area contributed by atoms with E-state index < -0.39 is 6.09 Å². The number of hydrogen-bond acceptors (Lipinski definition) is 7. The smallest absolute Gasteiger partial charge is 0.407 e. The van der Waals surface area contributed by atoms with E-state index in [0.29, 0.717) is 47.8 Å². The molecule has 2 unspecified atom stereocenters. The van der Waals surface area contributed by atoms with Crippen LogP contribution >= 0.6 is 11.6 Å². The van der Waals surface area contributed by atoms with Crippen LogP contribution < -0.4 is 20.0 Å². The van der Waals surface area contributed by atoms with Crippen molar-refractivity contribution >= 4 is 52.4 Å². The highest BCUT2D eigenvalue weighted by atomic mass is 35.5. The van der Waals surface area contributed by atoms with Crippen LogP contribution in [0.15, 0.2) is 54.7 Å². The van der Waals surface area contributed by atoms with Crippen molar-refractivity contribution in [3.63, 3.8) is 0 Å². The molecule has 2 amide bonds. The van der Waals surface area contributed by atoms with Crippen molar-refractivity contribution < 1.29 is 14.7 Å². The summed E-state index contributed by atoms with van der Waals surface area (Å²) in [5.74, 6) is 0.722. The molecule has 0 radical (unpaired) electrons. The maximum atomic E-state index is 13.2. The lowest BCUT2D eigenvalue weighted by Gasteiger charge is -2.44. The van der Waals surface area contributed by atoms with E-state index >= 15 is 0 Å². The molecule has 3 heterocycles. The molecule has 1 fully saturated rings. The molecule has 2 aliphatic heterocycles. The van der Waals surface area contributed by atoms with Crippen molar-refractivity contribution in [1.29, 1.82) is 0 Å². The molecular formula is C26H28ClN7O3. The fraction of sp³-hybridized carbons (Fsp3) is 0.308. The number of aromatic nitrogens is 2. The molecule has 0 bridgehead atoms. The van der Waals surface area contributed by atoms with E-state index in [4.69, 9.17) is 11.6 Å². The first-order valence-electron chi connectivity index (χ1n) is 12.0. The van der Waals surface area contributed by atoms with Gasteiger partial charge < -0.3 is 25.1 Å². The summed E-state index contributed by atoms with van der Waals surface area (Å²) in [5, 5.41) is 13.1. The lowest BCUT2D eigenvalue weighted by atomic mass is 10.1. The minimum atomic E-state index is -0.882. The zero-order valence-corrected chi connectivity index (χ0v) is 21.6. The Bertz CT molecular complexity index is 1340. The molecule has 2 atom stereocenters. The van der Waals surface area contributed by atoms with Gasteiger partial charge in [-0.1, -0.05) is 23.7 Å². The molecule has 5 rings (SSSR count). The minimum absolute atomic E-state index is 0.0634. The molecule has 2 aromatic carbocycles. The Morgan fingerprint density at radius 3 is 2.51 bits per heavy atom. The van der Waals surface area contributed by atoms with Gasteiger partial charge in [0.1, 0.15) is 11.4 Å². The van der Waals surface area contributed by atoms with Crippen molar-refractivity contribution in [3.8, 4) is 0 Å². The standard InChI is InChI=1S/C26H28ClN7O3/c1-16-14-33(26(36)37)17(2)13-32(16)19-10-8-18(9-11-19)29-25-28-12-20-23(30-25)31(3)15-34(24(20)35)22-7-5-4-6-21(22)27/h4-12,16-17H,13-15H2,1-3H3,(H,36,37)(H,28,29,30). The van der Waals surface area contributed by atoms with E-state index in [2.05, 4.69) is 20.2 Å². The first-order chi connectivity index (χ1) is 17.7. The summed E-state index contributed by atoms with van der Waals surface area (Å²) in [6.07, 6.45) is 0.652. The number of carbonyl (C=O) groups is 2. The van der Waals surface area contributed by atoms with Gasteiger partial charge in [-0.2, -0.15) is 4.98 Å². The Labute approximate surface area is 220 Å². The van der Waals surface area contributed by atoms with E-state index in [1.54, 1.807) is 11.0 Å². The summed E-state index contributed by atoms with van der Waals surface area (Å²) in [4.78, 5) is 40.8. The molecule has 192 valence electrons. The lowest BCUT2D eigenvalue weighted by Crippen LogP contribution is -2.58. The molecule has 11 heteroatoms. The number of benzene rings is 2. The quantitative estimate of drug-likeness (QED) is 0.517. The minimum Gasteiger partial charge on any atom is -0.465 e. The van der Waals surface area contributed by atoms with E-state index in [9.17, 15) is 14.7 Å². The first kappa shape index (κ1) is 24.6. The van der Waals surface area contributed by atoms with E-state index in [-0.39, 0.29) is 18.0 Å². The summed E-state index contributed by atoms with van der Waals surface area (Å²) in [7, 11) is 1.87. The maximum Gasteiger partial charge on any atom is 0.407 e. The van der Waals surface area contributed by atoms with Crippen LogP contribution in [0.4, 0.5) is 33.6 Å². The van der Waals surface area contributed by atoms with Crippen LogP contribution in [0.25, 0.3) is 0 Å². The maximum absolute atomic E-state index is 13.2. The number of fused-ring (bicyclic) bond motifs is 1. The normalized spacial score (nSPS) is 19.6. The first-order valence-corrected chi connectivity index (χ1v) is 12.4. The van der Waals surface area contributed by atoms with Gasteiger partial charge in [0.25, 0.3) is 5.91 Å². The van der Waals surface area contributed by atoms with Crippen molar-refractivity contribution in [2.24, 2.45) is 0 Å². The van der Waals surface area contributed by atoms with Gasteiger partial charge in [0, 0.05) is 49.8 Å². The van der Waals surface area contributed by atoms with Crippen molar-refractivity contribution in [2.45, 2.75) is 25.9 Å². The molecule has 2 aliphatic rings. The highest BCUT2D eigenvalue weighted by molar-refractivity contribution is 6.34. The van der Waals surface area contributed by atoms with Gasteiger partial charge in [0.15, 0.2) is 0 Å². The van der Waals surface area contributed by atoms with Crippen LogP contribution in [0.3, 0.4) is 0 Å². The number of para-hydroxylation sites is 1. The fourth-order valence-electron chi connectivity index (χ4n) is 4.84. The number of hydrogen-bond donors (Lipinski definition) is 2. The Kier molecular flexibility index (Phi) is 6.51. The SMILES string of the molecule is CC1CN(c2ccc(Nc3ncc4c(n3)N(C)CN(c3ccccc3Cl)C4=O)cc2)C(C)CN1C(=O)O. The number of nitrogens with zero attached hydrogens (tertiary/aromatic N) is 6. The van der Waals surface area contributed by atoms with Gasteiger partial charge >= 0.3 is 6.09 Å². The molecular weight excluding hydrogens is 494 g/mol. The van der Waals surface area contributed by atoms with Crippen LogP contribution in [0.5, 0.6) is 0 Å². The van der Waals surface area contributed by atoms with Crippen molar-refractivity contribution in [3.05, 3.63) is 65.3 Å². The van der Waals surface area contributed by atoms with Crippen LogP contribution in [-0.4, -0.2) is 70.9 Å². The number of amides is 2. The summed E-state index contributed by atoms with van der Waals surface area (Å²) < 4.78 is 0. The van der Waals surface area contributed by atoms with Gasteiger partial charge in [0.05, 0.1) is 17.4 Å². The number of carboxylic acid groups (broad SMARTS) is 1. The van der Waals surface area contributed by atoms with Crippen molar-refractivity contribution in [2.75, 3.05) is 46.8 Å². The number of halogens is 1. The average molecular weight is 522 g/mol. The average Bonchev–Trinajstić information content (AvgIpc) is 2.88. The van der Waals surface area contributed by atoms with Crippen LogP contribution in [0.2, 0.25) is 5.02 Å². The Morgan fingerprint density at radius 2 is 1.81 bits per heavy atom. The zero-order valence-electron chi connectivity index (χ0n) is 20.8. The monoisotopic (exact) mass is 521 g/mol. The summed E-state index contributed by atoms with van der Waals surface area (Å²) in [6, 6.07) is 15.1. The highest BCUT2D eigenvalue weighted by Crippen LogP contribution is 2.33. The van der Waals surface area contributed by atoms with Crippen molar-refractivity contribution in [1.82, 2.24) is 14.9 Å². The lowest BCUT2D eigenvalue weighted by molar-refractivity contribution is 0.0981. The molecule has 0 aliphatic carbocycles. The molecule has 1 saturated heterocycles. The molecule has 0 saturated carbocycles. The molecule has 0 spiro atoms.